The van der Waals surface area contributed by atoms with Gasteiger partial charge in [0.25, 0.3) is 0 Å². The molecule has 0 saturated carbocycles. The van der Waals surface area contributed by atoms with Gasteiger partial charge in [0.2, 0.25) is 0 Å². The molecule has 1 heterocycles. The average Bonchev–Trinajstić information content (AvgIpc) is 2.66. The van der Waals surface area contributed by atoms with Crippen molar-refractivity contribution in [2.24, 2.45) is 0 Å². The van der Waals surface area contributed by atoms with Crippen molar-refractivity contribution >= 4 is 22.9 Å². The maximum absolute atomic E-state index is 9.31. The number of halogens is 1. The van der Waals surface area contributed by atoms with E-state index in [0.29, 0.717) is 5.57 Å². The van der Waals surface area contributed by atoms with E-state index < -0.39 is 0 Å². The van der Waals surface area contributed by atoms with Crippen LogP contribution in [0.1, 0.15) is 35.6 Å². The second-order valence-corrected chi connectivity index (χ2v) is 7.34. The van der Waals surface area contributed by atoms with Crippen molar-refractivity contribution in [1.82, 2.24) is 0 Å². The molecule has 0 fully saturated rings. The zero-order valence-corrected chi connectivity index (χ0v) is 16.6. The Morgan fingerprint density at radius 1 is 1.22 bits per heavy atom. The van der Waals surface area contributed by atoms with Crippen LogP contribution in [-0.4, -0.2) is 6.54 Å². The number of hydrogen-bond donors (Lipinski definition) is 0. The summed E-state index contributed by atoms with van der Waals surface area (Å²) in [6, 6.07) is 14.7. The zero-order valence-electron chi connectivity index (χ0n) is 15.8. The largest absolute Gasteiger partial charge is 0.347 e. The molecule has 0 aliphatic carbocycles. The number of fused-ring (bicyclic) bond motifs is 1. The Bertz CT molecular complexity index is 992. The molecule has 2 aromatic carbocycles. The molecular weight excluding hydrogens is 352 g/mol. The van der Waals surface area contributed by atoms with Gasteiger partial charge in [0.05, 0.1) is 11.6 Å². The third-order valence-corrected chi connectivity index (χ3v) is 5.19. The number of aryl methyl sites for hydroxylation is 1. The molecule has 1 aliphatic rings. The number of benzene rings is 2. The monoisotopic (exact) mass is 374 g/mol. The van der Waals surface area contributed by atoms with Crippen molar-refractivity contribution in [1.29, 1.82) is 5.26 Å². The van der Waals surface area contributed by atoms with Gasteiger partial charge in [-0.05, 0) is 54.7 Å². The first-order valence-corrected chi connectivity index (χ1v) is 9.47. The summed E-state index contributed by atoms with van der Waals surface area (Å²) in [6.07, 6.45) is 3.76. The van der Waals surface area contributed by atoms with E-state index in [9.17, 15) is 5.26 Å². The first-order valence-electron chi connectivity index (χ1n) is 9.10. The molecule has 3 rings (SSSR count). The Morgan fingerprint density at radius 2 is 2.00 bits per heavy atom. The van der Waals surface area contributed by atoms with E-state index in [4.69, 9.17) is 11.6 Å². The quantitative estimate of drug-likeness (QED) is 0.562. The van der Waals surface area contributed by atoms with E-state index in [1.807, 2.05) is 18.3 Å². The topological polar surface area (TPSA) is 27.0 Å². The summed E-state index contributed by atoms with van der Waals surface area (Å²) >= 11 is 6.38. The lowest BCUT2D eigenvalue weighted by atomic mass is 9.89. The van der Waals surface area contributed by atoms with Crippen LogP contribution in [0, 0.1) is 18.3 Å². The van der Waals surface area contributed by atoms with Crippen LogP contribution in [0.5, 0.6) is 0 Å². The second-order valence-electron chi connectivity index (χ2n) is 6.93. The van der Waals surface area contributed by atoms with Gasteiger partial charge in [0, 0.05) is 34.6 Å². The number of hydrogen-bond acceptors (Lipinski definition) is 2. The van der Waals surface area contributed by atoms with E-state index >= 15 is 0 Å². The summed E-state index contributed by atoms with van der Waals surface area (Å²) < 4.78 is 0. The summed E-state index contributed by atoms with van der Waals surface area (Å²) in [5.41, 5.74) is 7.75. The third-order valence-electron chi connectivity index (χ3n) is 4.83. The highest BCUT2D eigenvalue weighted by molar-refractivity contribution is 6.31. The molecule has 0 saturated heterocycles. The lowest BCUT2D eigenvalue weighted by Crippen LogP contribution is -2.23. The molecule has 0 radical (unpaired) electrons. The molecule has 0 aromatic heterocycles. The fraction of sp³-hybridized carbons (Fsp3) is 0.208. The number of allylic oxidation sites excluding steroid dienone is 3. The van der Waals surface area contributed by atoms with Gasteiger partial charge >= 0.3 is 0 Å². The Morgan fingerprint density at radius 3 is 2.70 bits per heavy atom. The fourth-order valence-electron chi connectivity index (χ4n) is 3.44. The zero-order chi connectivity index (χ0) is 19.6. The lowest BCUT2D eigenvalue weighted by Gasteiger charge is -2.31. The Kier molecular flexibility index (Phi) is 5.54. The minimum absolute atomic E-state index is 0.443. The predicted molar refractivity (Wildman–Crippen MR) is 115 cm³/mol. The SMILES string of the molecule is C=C(C#N)C1=CN(CCC)c2ccc(Cc3cc(C)ccc3Cl)cc2C1=C. The van der Waals surface area contributed by atoms with Crippen LogP contribution in [-0.2, 0) is 6.42 Å². The standard InChI is InChI=1S/C24H23ClN2/c1-5-10-27-15-22(17(3)14-26)18(4)21-13-19(7-9-24(21)27)12-20-11-16(2)6-8-23(20)25/h6-9,11,13,15H,3-5,10,12H2,1-2H3. The first-order chi connectivity index (χ1) is 12.9. The van der Waals surface area contributed by atoms with E-state index in [-0.39, 0.29) is 0 Å². The molecule has 27 heavy (non-hydrogen) atoms. The van der Waals surface area contributed by atoms with Gasteiger partial charge < -0.3 is 4.90 Å². The van der Waals surface area contributed by atoms with E-state index in [2.05, 4.69) is 62.2 Å². The fourth-order valence-corrected chi connectivity index (χ4v) is 3.62. The molecule has 0 spiro atoms. The van der Waals surface area contributed by atoms with Crippen molar-refractivity contribution in [2.75, 3.05) is 11.4 Å². The summed E-state index contributed by atoms with van der Waals surface area (Å²) in [7, 11) is 0. The molecule has 1 aliphatic heterocycles. The minimum atomic E-state index is 0.443. The van der Waals surface area contributed by atoms with E-state index in [0.717, 1.165) is 52.4 Å². The Balaban J connectivity index is 2.02. The molecule has 0 unspecified atom stereocenters. The molecular formula is C24H23ClN2. The van der Waals surface area contributed by atoms with Gasteiger partial charge in [-0.15, -0.1) is 0 Å². The van der Waals surface area contributed by atoms with Gasteiger partial charge in [-0.25, -0.2) is 0 Å². The molecule has 0 atom stereocenters. The van der Waals surface area contributed by atoms with Gasteiger partial charge in [0.15, 0.2) is 0 Å². The van der Waals surface area contributed by atoms with Crippen molar-refractivity contribution in [3.8, 4) is 6.07 Å². The van der Waals surface area contributed by atoms with Crippen LogP contribution in [0.2, 0.25) is 5.02 Å². The Hall–Kier alpha value is -2.76. The number of nitrogens with zero attached hydrogens (tertiary/aromatic N) is 2. The van der Waals surface area contributed by atoms with Crippen LogP contribution >= 0.6 is 11.6 Å². The van der Waals surface area contributed by atoms with Crippen LogP contribution in [0.3, 0.4) is 0 Å². The normalized spacial score (nSPS) is 13.0. The maximum Gasteiger partial charge on any atom is 0.0992 e. The molecule has 0 bridgehead atoms. The van der Waals surface area contributed by atoms with Crippen LogP contribution in [0.15, 0.2) is 66.9 Å². The molecule has 0 amide bonds. The molecule has 2 nitrogen and oxygen atoms in total. The highest BCUT2D eigenvalue weighted by Gasteiger charge is 2.22. The molecule has 3 heteroatoms. The van der Waals surface area contributed by atoms with Gasteiger partial charge in [-0.3, -0.25) is 0 Å². The van der Waals surface area contributed by atoms with Gasteiger partial charge in [-0.2, -0.15) is 5.26 Å². The minimum Gasteiger partial charge on any atom is -0.347 e. The summed E-state index contributed by atoms with van der Waals surface area (Å²) in [5, 5.41) is 10.1. The summed E-state index contributed by atoms with van der Waals surface area (Å²) in [5.74, 6) is 0. The van der Waals surface area contributed by atoms with Crippen molar-refractivity contribution in [3.63, 3.8) is 0 Å². The van der Waals surface area contributed by atoms with Crippen LogP contribution in [0.4, 0.5) is 5.69 Å². The van der Waals surface area contributed by atoms with Crippen LogP contribution < -0.4 is 4.90 Å². The molecule has 2 aromatic rings. The average molecular weight is 375 g/mol. The Labute approximate surface area is 166 Å². The van der Waals surface area contributed by atoms with Crippen molar-refractivity contribution in [2.45, 2.75) is 26.7 Å². The molecule has 0 N–H and O–H groups in total. The number of nitriles is 1. The van der Waals surface area contributed by atoms with Crippen LogP contribution in [0.25, 0.3) is 5.57 Å². The highest BCUT2D eigenvalue weighted by atomic mass is 35.5. The van der Waals surface area contributed by atoms with E-state index in [1.54, 1.807) is 0 Å². The maximum atomic E-state index is 9.31. The van der Waals surface area contributed by atoms with Gasteiger partial charge in [0.1, 0.15) is 0 Å². The third kappa shape index (κ3) is 3.84. The number of anilines is 1. The lowest BCUT2D eigenvalue weighted by molar-refractivity contribution is 0.872. The summed E-state index contributed by atoms with van der Waals surface area (Å²) in [4.78, 5) is 2.19. The smallest absolute Gasteiger partial charge is 0.0992 e. The highest BCUT2D eigenvalue weighted by Crippen LogP contribution is 2.39. The van der Waals surface area contributed by atoms with Crippen molar-refractivity contribution in [3.05, 3.63) is 94.2 Å². The molecule has 136 valence electrons. The number of rotatable bonds is 5. The first kappa shape index (κ1) is 19.0. The van der Waals surface area contributed by atoms with Gasteiger partial charge in [-0.1, -0.05) is 55.4 Å². The predicted octanol–water partition coefficient (Wildman–Crippen LogP) is 6.45. The van der Waals surface area contributed by atoms with Crippen molar-refractivity contribution < 1.29 is 0 Å². The second kappa shape index (κ2) is 7.86. The van der Waals surface area contributed by atoms with E-state index in [1.165, 1.54) is 11.1 Å². The summed E-state index contributed by atoms with van der Waals surface area (Å²) in [6.45, 7) is 13.2.